The maximum absolute atomic E-state index is 13.4. The van der Waals surface area contributed by atoms with Crippen LogP contribution in [-0.2, 0) is 15.1 Å². The van der Waals surface area contributed by atoms with Gasteiger partial charge >= 0.3 is 5.97 Å². The van der Waals surface area contributed by atoms with Crippen LogP contribution in [0.2, 0.25) is 0 Å². The second-order valence-electron chi connectivity index (χ2n) is 9.63. The fourth-order valence-corrected chi connectivity index (χ4v) is 6.65. The van der Waals surface area contributed by atoms with E-state index in [9.17, 15) is 9.90 Å². The van der Waals surface area contributed by atoms with Crippen molar-refractivity contribution in [2.45, 2.75) is 50.5 Å². The largest absolute Gasteiger partial charge is 1.00 e. The van der Waals surface area contributed by atoms with Gasteiger partial charge in [0.25, 0.3) is 0 Å². The van der Waals surface area contributed by atoms with Gasteiger partial charge in [-0.2, -0.15) is 0 Å². The molecule has 2 aliphatic heterocycles. The highest BCUT2D eigenvalue weighted by molar-refractivity contribution is 5.96. The zero-order chi connectivity index (χ0) is 19.3. The number of carbonyl (C=O) groups is 1. The molecule has 3 fully saturated rings. The molecule has 0 spiro atoms. The first kappa shape index (κ1) is 21.5. The molecule has 1 N–H and O–H groups in total. The van der Waals surface area contributed by atoms with Gasteiger partial charge in [0.15, 0.2) is 0 Å². The lowest BCUT2D eigenvalue weighted by molar-refractivity contribution is -0.937. The van der Waals surface area contributed by atoms with Gasteiger partial charge in [-0.3, -0.25) is 0 Å². The minimum Gasteiger partial charge on any atom is -1.00 e. The Morgan fingerprint density at radius 3 is 1.90 bits per heavy atom. The highest BCUT2D eigenvalue weighted by Crippen LogP contribution is 2.61. The number of esters is 1. The van der Waals surface area contributed by atoms with Crippen molar-refractivity contribution in [1.29, 1.82) is 0 Å². The predicted molar refractivity (Wildman–Crippen MR) is 112 cm³/mol. The first-order valence-electron chi connectivity index (χ1n) is 10.4. The van der Waals surface area contributed by atoms with E-state index in [1.165, 1.54) is 6.42 Å². The molecule has 5 heteroatoms. The van der Waals surface area contributed by atoms with Crippen LogP contribution in [0.4, 0.5) is 0 Å². The van der Waals surface area contributed by atoms with Crippen molar-refractivity contribution in [3.63, 3.8) is 0 Å². The Hall–Kier alpha value is -1.69. The summed E-state index contributed by atoms with van der Waals surface area (Å²) in [4.78, 5) is 13.4. The zero-order valence-electron chi connectivity index (χ0n) is 16.7. The van der Waals surface area contributed by atoms with Gasteiger partial charge in [-0.1, -0.05) is 56.0 Å². The molecule has 1 saturated carbocycles. The van der Waals surface area contributed by atoms with Crippen molar-refractivity contribution in [2.75, 3.05) is 14.1 Å². The van der Waals surface area contributed by atoms with Gasteiger partial charge in [0.2, 0.25) is 5.60 Å². The average molecular weight is 472 g/mol. The van der Waals surface area contributed by atoms with Gasteiger partial charge in [-0.25, -0.2) is 4.79 Å². The third kappa shape index (κ3) is 2.61. The summed E-state index contributed by atoms with van der Waals surface area (Å²) in [6.07, 6.45) is 3.08. The summed E-state index contributed by atoms with van der Waals surface area (Å²) in [5.41, 5.74) is 1.40. The van der Waals surface area contributed by atoms with Gasteiger partial charge in [0, 0.05) is 35.8 Å². The number of piperidine rings is 2. The maximum atomic E-state index is 13.4. The molecule has 2 aromatic carbocycles. The normalized spacial score (nSPS) is 32.6. The first-order chi connectivity index (χ1) is 13.4. The predicted octanol–water partition coefficient (Wildman–Crippen LogP) is 0.712. The summed E-state index contributed by atoms with van der Waals surface area (Å²) >= 11 is 0. The van der Waals surface area contributed by atoms with E-state index >= 15 is 0 Å². The van der Waals surface area contributed by atoms with Crippen LogP contribution < -0.4 is 17.0 Å². The number of rotatable bonds is 2. The maximum Gasteiger partial charge on any atom is 0.348 e. The number of aliphatic hydroxyl groups is 1. The summed E-state index contributed by atoms with van der Waals surface area (Å²) < 4.78 is 7.10. The Balaban J connectivity index is 0.00000109. The van der Waals surface area contributed by atoms with E-state index in [0.29, 0.717) is 23.2 Å². The molecule has 4 nitrogen and oxygen atoms in total. The van der Waals surface area contributed by atoms with Crippen LogP contribution in [0, 0.1) is 11.8 Å². The van der Waals surface area contributed by atoms with Crippen LogP contribution in [0.3, 0.4) is 0 Å². The smallest absolute Gasteiger partial charge is 0.348 e. The fourth-order valence-electron chi connectivity index (χ4n) is 6.65. The van der Waals surface area contributed by atoms with Gasteiger partial charge in [0.1, 0.15) is 6.10 Å². The van der Waals surface area contributed by atoms with E-state index < -0.39 is 11.6 Å². The summed E-state index contributed by atoms with van der Waals surface area (Å²) in [6, 6.07) is 16.4. The summed E-state index contributed by atoms with van der Waals surface area (Å²) in [6.45, 7) is 0. The van der Waals surface area contributed by atoms with E-state index in [1.54, 1.807) is 0 Å². The number of quaternary nitrogens is 1. The van der Waals surface area contributed by atoms with Crippen LogP contribution >= 0.6 is 0 Å². The molecule has 30 heavy (non-hydrogen) atoms. The van der Waals surface area contributed by atoms with Crippen molar-refractivity contribution in [2.24, 2.45) is 11.8 Å². The van der Waals surface area contributed by atoms with Crippen LogP contribution in [-0.4, -0.2) is 47.8 Å². The lowest BCUT2D eigenvalue weighted by Gasteiger charge is -2.46. The molecular weight excluding hydrogens is 442 g/mol. The molecule has 2 bridgehead atoms. The molecule has 2 saturated heterocycles. The Bertz CT molecular complexity index is 938. The van der Waals surface area contributed by atoms with Crippen LogP contribution in [0.5, 0.6) is 0 Å². The van der Waals surface area contributed by atoms with Crippen LogP contribution in [0.15, 0.2) is 48.5 Å². The van der Waals surface area contributed by atoms with E-state index in [2.05, 4.69) is 14.1 Å². The van der Waals surface area contributed by atoms with E-state index in [-0.39, 0.29) is 30.5 Å². The van der Waals surface area contributed by atoms with Gasteiger partial charge < -0.3 is 31.3 Å². The molecule has 2 aromatic rings. The van der Waals surface area contributed by atoms with Gasteiger partial charge in [-0.05, 0) is 17.5 Å². The quantitative estimate of drug-likeness (QED) is 0.518. The van der Waals surface area contributed by atoms with Crippen LogP contribution in [0.25, 0.3) is 11.1 Å². The van der Waals surface area contributed by atoms with E-state index in [4.69, 9.17) is 4.74 Å². The molecule has 2 aliphatic carbocycles. The molecule has 0 amide bonds. The Kier molecular flexibility index (Phi) is 4.96. The highest BCUT2D eigenvalue weighted by Gasteiger charge is 2.68. The van der Waals surface area contributed by atoms with Crippen molar-refractivity contribution in [3.05, 3.63) is 59.7 Å². The zero-order valence-corrected chi connectivity index (χ0v) is 18.3. The van der Waals surface area contributed by atoms with Gasteiger partial charge in [-0.15, -0.1) is 0 Å². The number of nitrogens with zero attached hydrogens (tertiary/aromatic N) is 1. The standard InChI is InChI=1S/C24H26NO3.CH4.BrH/c1-25(2)21-11-14(12-22(25)18-13-17(18)21)28-23(26)24(27)19-9-5-3-7-15(19)16-8-4-6-10-20(16)24;;/h3-10,14,17-18,21-22,27H,11-13H2,1-2H3;1H4;1H/q+1;;/p-1/t14?,17-,18?,21-,22?;;/m0../s1. The number of fused-ring (bicyclic) bond motifs is 8. The molecule has 2 heterocycles. The summed E-state index contributed by atoms with van der Waals surface area (Å²) in [7, 11) is 4.66. The SMILES string of the molecule is C.C[N+]1(C)C2CC(OC(=O)C3(O)c4ccccc4-c4ccccc43)C[C@H]1[C@H]1CC21.[Br-]. The summed E-state index contributed by atoms with van der Waals surface area (Å²) in [5, 5.41) is 11.6. The fraction of sp³-hybridized carbons (Fsp3) is 0.480. The molecule has 5 atom stereocenters. The number of ether oxygens (including phenoxy) is 1. The van der Waals surface area contributed by atoms with Crippen molar-refractivity contribution < 1.29 is 36.1 Å². The Morgan fingerprint density at radius 1 is 0.933 bits per heavy atom. The second-order valence-corrected chi connectivity index (χ2v) is 9.63. The van der Waals surface area contributed by atoms with Crippen molar-refractivity contribution in [3.8, 4) is 11.1 Å². The summed E-state index contributed by atoms with van der Waals surface area (Å²) in [5.74, 6) is 1.09. The molecule has 0 radical (unpaired) electrons. The number of halogens is 1. The lowest BCUT2D eigenvalue weighted by atomic mass is 9.90. The number of hydrogen-bond acceptors (Lipinski definition) is 3. The first-order valence-corrected chi connectivity index (χ1v) is 10.4. The molecule has 4 aliphatic rings. The molecule has 3 unspecified atom stereocenters. The average Bonchev–Trinajstić information content (AvgIpc) is 3.40. The third-order valence-electron chi connectivity index (χ3n) is 8.09. The Labute approximate surface area is 189 Å². The Morgan fingerprint density at radius 2 is 1.40 bits per heavy atom. The van der Waals surface area contributed by atoms with E-state index in [1.807, 2.05) is 48.5 Å². The van der Waals surface area contributed by atoms with Crippen LogP contribution in [0.1, 0.15) is 37.8 Å². The minimum atomic E-state index is -1.71. The lowest BCUT2D eigenvalue weighted by Crippen LogP contribution is -3.00. The van der Waals surface area contributed by atoms with Gasteiger partial charge in [0.05, 0.1) is 26.2 Å². The van der Waals surface area contributed by atoms with Crippen molar-refractivity contribution in [1.82, 2.24) is 0 Å². The molecular formula is C25H30BrNO3. The topological polar surface area (TPSA) is 46.5 Å². The molecule has 160 valence electrons. The second kappa shape index (κ2) is 6.91. The highest BCUT2D eigenvalue weighted by atomic mass is 79.9. The monoisotopic (exact) mass is 471 g/mol. The number of carbonyl (C=O) groups excluding carboxylic acids is 1. The van der Waals surface area contributed by atoms with E-state index in [0.717, 1.165) is 40.3 Å². The third-order valence-corrected chi connectivity index (χ3v) is 8.09. The number of benzene rings is 2. The minimum absolute atomic E-state index is 0. The van der Waals surface area contributed by atoms with Crippen molar-refractivity contribution >= 4 is 5.97 Å². The molecule has 6 rings (SSSR count). The number of hydrogen-bond donors (Lipinski definition) is 1. The molecule has 0 aromatic heterocycles.